The Morgan fingerprint density at radius 2 is 1.26 bits per heavy atom. The second kappa shape index (κ2) is 4.13. The van der Waals surface area contributed by atoms with E-state index in [2.05, 4.69) is 83.8 Å². The van der Waals surface area contributed by atoms with Crippen LogP contribution in [-0.2, 0) is 0 Å². The van der Waals surface area contributed by atoms with Gasteiger partial charge in [-0.1, -0.05) is 66.8 Å². The van der Waals surface area contributed by atoms with E-state index in [4.69, 9.17) is 0 Å². The Morgan fingerprint density at radius 1 is 0.684 bits per heavy atom. The Bertz CT molecular complexity index is 606. The fraction of sp³-hybridized carbons (Fsp3) is 0.111. The highest BCUT2D eigenvalue weighted by Gasteiger charge is 2.37. The summed E-state index contributed by atoms with van der Waals surface area (Å²) in [7, 11) is 0. The maximum atomic E-state index is 2.49. The number of para-hydroxylation sites is 1. The molecule has 0 N–H and O–H groups in total. The standard InChI is InChI=1S/C18H15N/c1-2-8-14(9-3-1)19-17-12-6-4-10-15(17)16-11-5-7-13-18(16)19/h1-13,17-18H. The molecule has 0 fully saturated rings. The van der Waals surface area contributed by atoms with Gasteiger partial charge < -0.3 is 4.90 Å². The predicted octanol–water partition coefficient (Wildman–Crippen LogP) is 3.79. The van der Waals surface area contributed by atoms with E-state index >= 15 is 0 Å². The van der Waals surface area contributed by atoms with Crippen LogP contribution in [0.2, 0.25) is 0 Å². The van der Waals surface area contributed by atoms with Gasteiger partial charge in [-0.2, -0.15) is 0 Å². The number of rotatable bonds is 1. The SMILES string of the molecule is C1=CC2=C3C=CC=CC3N(c3ccccc3)C2C=C1. The molecule has 1 nitrogen and oxygen atoms in total. The number of anilines is 1. The van der Waals surface area contributed by atoms with Gasteiger partial charge in [0.2, 0.25) is 0 Å². The normalized spacial score (nSPS) is 26.8. The zero-order valence-corrected chi connectivity index (χ0v) is 10.6. The highest BCUT2D eigenvalue weighted by Crippen LogP contribution is 2.39. The van der Waals surface area contributed by atoms with Crippen molar-refractivity contribution in [2.24, 2.45) is 0 Å². The lowest BCUT2D eigenvalue weighted by Crippen LogP contribution is -2.37. The molecule has 1 heteroatoms. The molecule has 0 saturated carbocycles. The minimum absolute atomic E-state index is 0.361. The van der Waals surface area contributed by atoms with E-state index in [-0.39, 0.29) is 0 Å². The molecular formula is C18H15N. The van der Waals surface area contributed by atoms with Gasteiger partial charge in [-0.3, -0.25) is 0 Å². The van der Waals surface area contributed by atoms with Crippen molar-refractivity contribution in [1.29, 1.82) is 0 Å². The molecule has 1 aromatic carbocycles. The second-order valence-corrected chi connectivity index (χ2v) is 5.03. The summed E-state index contributed by atoms with van der Waals surface area (Å²) in [6.45, 7) is 0. The number of fused-ring (bicyclic) bond motifs is 2. The second-order valence-electron chi connectivity index (χ2n) is 5.03. The van der Waals surface area contributed by atoms with Crippen LogP contribution in [0.25, 0.3) is 0 Å². The van der Waals surface area contributed by atoms with E-state index in [0.29, 0.717) is 12.1 Å². The molecule has 0 radical (unpaired) electrons. The number of hydrogen-bond donors (Lipinski definition) is 0. The lowest BCUT2D eigenvalue weighted by atomic mass is 9.96. The van der Waals surface area contributed by atoms with E-state index in [0.717, 1.165) is 0 Å². The maximum Gasteiger partial charge on any atom is 0.0742 e. The summed E-state index contributed by atoms with van der Waals surface area (Å²) >= 11 is 0. The molecule has 1 heterocycles. The van der Waals surface area contributed by atoms with Crippen LogP contribution in [0.4, 0.5) is 5.69 Å². The van der Waals surface area contributed by atoms with Gasteiger partial charge in [0.25, 0.3) is 0 Å². The summed E-state index contributed by atoms with van der Waals surface area (Å²) in [5.41, 5.74) is 4.14. The van der Waals surface area contributed by atoms with Crippen molar-refractivity contribution in [2.45, 2.75) is 12.1 Å². The van der Waals surface area contributed by atoms with Crippen molar-refractivity contribution < 1.29 is 0 Å². The van der Waals surface area contributed by atoms with Gasteiger partial charge in [-0.05, 0) is 23.3 Å². The van der Waals surface area contributed by atoms with Gasteiger partial charge in [-0.25, -0.2) is 0 Å². The first-order chi connectivity index (χ1) is 9.45. The lowest BCUT2D eigenvalue weighted by molar-refractivity contribution is 0.790. The molecular weight excluding hydrogens is 230 g/mol. The molecule has 2 unspecified atom stereocenters. The first kappa shape index (κ1) is 10.6. The fourth-order valence-electron chi connectivity index (χ4n) is 3.18. The smallest absolute Gasteiger partial charge is 0.0742 e. The number of benzene rings is 1. The summed E-state index contributed by atoms with van der Waals surface area (Å²) in [6.07, 6.45) is 17.6. The predicted molar refractivity (Wildman–Crippen MR) is 80.1 cm³/mol. The highest BCUT2D eigenvalue weighted by atomic mass is 15.2. The summed E-state index contributed by atoms with van der Waals surface area (Å²) in [6, 6.07) is 11.4. The van der Waals surface area contributed by atoms with Crippen molar-refractivity contribution in [1.82, 2.24) is 0 Å². The van der Waals surface area contributed by atoms with Gasteiger partial charge in [-0.15, -0.1) is 0 Å². The summed E-state index contributed by atoms with van der Waals surface area (Å²) in [5.74, 6) is 0. The zero-order chi connectivity index (χ0) is 12.7. The summed E-state index contributed by atoms with van der Waals surface area (Å²) < 4.78 is 0. The molecule has 3 aliphatic rings. The molecule has 0 aromatic heterocycles. The van der Waals surface area contributed by atoms with Crippen LogP contribution in [0.5, 0.6) is 0 Å². The quantitative estimate of drug-likeness (QED) is 0.727. The highest BCUT2D eigenvalue weighted by molar-refractivity contribution is 5.67. The molecule has 4 rings (SSSR count). The van der Waals surface area contributed by atoms with E-state index in [1.807, 2.05) is 0 Å². The third-order valence-electron chi connectivity index (χ3n) is 3.98. The van der Waals surface area contributed by atoms with Crippen LogP contribution >= 0.6 is 0 Å². The summed E-state index contributed by atoms with van der Waals surface area (Å²) in [5, 5.41) is 0. The van der Waals surface area contributed by atoms with Crippen molar-refractivity contribution in [3.63, 3.8) is 0 Å². The van der Waals surface area contributed by atoms with Gasteiger partial charge in [0.15, 0.2) is 0 Å². The third kappa shape index (κ3) is 1.55. The first-order valence-corrected chi connectivity index (χ1v) is 6.72. The topological polar surface area (TPSA) is 3.24 Å². The Balaban J connectivity index is 1.86. The zero-order valence-electron chi connectivity index (χ0n) is 10.6. The van der Waals surface area contributed by atoms with Crippen LogP contribution < -0.4 is 4.90 Å². The molecule has 1 aromatic rings. The van der Waals surface area contributed by atoms with E-state index in [1.165, 1.54) is 16.8 Å². The molecule has 0 bridgehead atoms. The van der Waals surface area contributed by atoms with E-state index in [9.17, 15) is 0 Å². The van der Waals surface area contributed by atoms with Crippen LogP contribution in [0, 0.1) is 0 Å². The van der Waals surface area contributed by atoms with Crippen LogP contribution in [0.1, 0.15) is 0 Å². The van der Waals surface area contributed by atoms with Crippen LogP contribution in [-0.4, -0.2) is 12.1 Å². The summed E-state index contributed by atoms with van der Waals surface area (Å²) in [4.78, 5) is 2.49. The van der Waals surface area contributed by atoms with Gasteiger partial charge >= 0.3 is 0 Å². The lowest BCUT2D eigenvalue weighted by Gasteiger charge is -2.32. The molecule has 0 spiro atoms. The Hall–Kier alpha value is -2.28. The largest absolute Gasteiger partial charge is 0.350 e. The van der Waals surface area contributed by atoms with Gasteiger partial charge in [0.1, 0.15) is 0 Å². The third-order valence-corrected chi connectivity index (χ3v) is 3.98. The molecule has 92 valence electrons. The number of nitrogens with zero attached hydrogens (tertiary/aromatic N) is 1. The molecule has 0 saturated heterocycles. The van der Waals surface area contributed by atoms with Crippen LogP contribution in [0.3, 0.4) is 0 Å². The van der Waals surface area contributed by atoms with Gasteiger partial charge in [0.05, 0.1) is 12.1 Å². The van der Waals surface area contributed by atoms with Gasteiger partial charge in [0, 0.05) is 5.69 Å². The molecule has 2 aliphatic carbocycles. The maximum absolute atomic E-state index is 2.49. The van der Waals surface area contributed by atoms with E-state index < -0.39 is 0 Å². The van der Waals surface area contributed by atoms with Crippen molar-refractivity contribution in [3.05, 3.63) is 90.1 Å². The number of hydrogen-bond acceptors (Lipinski definition) is 1. The minimum atomic E-state index is 0.361. The van der Waals surface area contributed by atoms with Crippen molar-refractivity contribution in [3.8, 4) is 0 Å². The molecule has 19 heavy (non-hydrogen) atoms. The Labute approximate surface area is 113 Å². The molecule has 2 atom stereocenters. The van der Waals surface area contributed by atoms with Crippen molar-refractivity contribution >= 4 is 5.69 Å². The minimum Gasteiger partial charge on any atom is -0.350 e. The number of allylic oxidation sites excluding steroid dienone is 4. The van der Waals surface area contributed by atoms with Crippen LogP contribution in [0.15, 0.2) is 90.1 Å². The molecule has 1 aliphatic heterocycles. The Morgan fingerprint density at radius 3 is 1.84 bits per heavy atom. The monoisotopic (exact) mass is 245 g/mol. The Kier molecular flexibility index (Phi) is 2.31. The molecule has 0 amide bonds. The average Bonchev–Trinajstić information content (AvgIpc) is 2.83. The first-order valence-electron chi connectivity index (χ1n) is 6.72. The van der Waals surface area contributed by atoms with Crippen molar-refractivity contribution in [2.75, 3.05) is 4.90 Å². The van der Waals surface area contributed by atoms with E-state index in [1.54, 1.807) is 0 Å². The average molecular weight is 245 g/mol. The fourth-order valence-corrected chi connectivity index (χ4v) is 3.18.